The molecule has 1 aliphatic heterocycles. The van der Waals surface area contributed by atoms with Crippen LogP contribution in [0.3, 0.4) is 0 Å². The molecule has 0 unspecified atom stereocenters. The molecule has 0 spiro atoms. The number of carbonyl (C=O) groups excluding carboxylic acids is 1. The van der Waals surface area contributed by atoms with Gasteiger partial charge in [0.05, 0.1) is 0 Å². The van der Waals surface area contributed by atoms with Gasteiger partial charge in [-0.2, -0.15) is 0 Å². The predicted octanol–water partition coefficient (Wildman–Crippen LogP) is 1.75. The van der Waals surface area contributed by atoms with Crippen LogP contribution in [-0.4, -0.2) is 11.9 Å². The van der Waals surface area contributed by atoms with Crippen LogP contribution in [0.25, 0.3) is 0 Å². The van der Waals surface area contributed by atoms with Gasteiger partial charge >= 0.3 is 0 Å². The van der Waals surface area contributed by atoms with E-state index in [-0.39, 0.29) is 5.91 Å². The number of hydrogen-bond acceptors (Lipinski definition) is 1. The zero-order valence-corrected chi connectivity index (χ0v) is 7.71. The van der Waals surface area contributed by atoms with Crippen LogP contribution in [0.2, 0.25) is 0 Å². The minimum Gasteiger partial charge on any atom is -0.349 e. The summed E-state index contributed by atoms with van der Waals surface area (Å²) < 4.78 is 0. The number of benzene rings is 1. The Morgan fingerprint density at radius 3 is 3.00 bits per heavy atom. The molecule has 1 amide bonds. The normalized spacial score (nSPS) is 20.7. The van der Waals surface area contributed by atoms with E-state index < -0.39 is 0 Å². The van der Waals surface area contributed by atoms with Gasteiger partial charge in [-0.25, -0.2) is 0 Å². The summed E-state index contributed by atoms with van der Waals surface area (Å²) in [5.74, 6) is 0.0775. The minimum absolute atomic E-state index is 0.0775. The third-order valence-electron chi connectivity index (χ3n) is 2.56. The van der Waals surface area contributed by atoms with E-state index in [0.717, 1.165) is 18.4 Å². The Morgan fingerprint density at radius 2 is 2.23 bits per heavy atom. The molecular formula is C11H13NO. The molecule has 0 fully saturated rings. The quantitative estimate of drug-likeness (QED) is 0.692. The lowest BCUT2D eigenvalue weighted by Gasteiger charge is -2.24. The maximum atomic E-state index is 11.5. The zero-order chi connectivity index (χ0) is 9.26. The first-order valence-corrected chi connectivity index (χ1v) is 4.70. The molecule has 0 aromatic heterocycles. The largest absolute Gasteiger partial charge is 0.349 e. The van der Waals surface area contributed by atoms with Crippen LogP contribution in [0.1, 0.15) is 29.3 Å². The Bertz CT molecular complexity index is 333. The zero-order valence-electron chi connectivity index (χ0n) is 7.71. The molecule has 1 heterocycles. The lowest BCUT2D eigenvalue weighted by molar-refractivity contribution is 0.0924. The lowest BCUT2D eigenvalue weighted by Crippen LogP contribution is -2.40. The summed E-state index contributed by atoms with van der Waals surface area (Å²) in [6, 6.07) is 8.14. The fourth-order valence-electron chi connectivity index (χ4n) is 1.75. The molecule has 0 aliphatic carbocycles. The topological polar surface area (TPSA) is 29.1 Å². The van der Waals surface area contributed by atoms with Crippen LogP contribution in [-0.2, 0) is 6.42 Å². The summed E-state index contributed by atoms with van der Waals surface area (Å²) >= 11 is 0. The van der Waals surface area contributed by atoms with E-state index in [2.05, 4.69) is 12.2 Å². The summed E-state index contributed by atoms with van der Waals surface area (Å²) in [6.07, 6.45) is 1.97. The Hall–Kier alpha value is -1.31. The van der Waals surface area contributed by atoms with Crippen molar-refractivity contribution in [2.75, 3.05) is 0 Å². The molecule has 0 bridgehead atoms. The van der Waals surface area contributed by atoms with E-state index in [4.69, 9.17) is 0 Å². The molecule has 0 radical (unpaired) electrons. The maximum Gasteiger partial charge on any atom is 0.251 e. The van der Waals surface area contributed by atoms with E-state index in [1.807, 2.05) is 24.3 Å². The van der Waals surface area contributed by atoms with Crippen molar-refractivity contribution in [2.45, 2.75) is 25.8 Å². The first kappa shape index (κ1) is 8.30. The number of fused-ring (bicyclic) bond motifs is 1. The third kappa shape index (κ3) is 1.44. The minimum atomic E-state index is 0.0775. The number of carbonyl (C=O) groups is 1. The standard InChI is InChI=1S/C11H13NO/c1-2-9-7-8-5-3-4-6-10(8)11(13)12-9/h3-6,9H,2,7H2,1H3,(H,12,13)/t9-/m1/s1. The second-order valence-electron chi connectivity index (χ2n) is 3.44. The summed E-state index contributed by atoms with van der Waals surface area (Å²) in [7, 11) is 0. The highest BCUT2D eigenvalue weighted by atomic mass is 16.1. The lowest BCUT2D eigenvalue weighted by atomic mass is 9.94. The van der Waals surface area contributed by atoms with Crippen LogP contribution in [0.5, 0.6) is 0 Å². The monoisotopic (exact) mass is 175 g/mol. The van der Waals surface area contributed by atoms with Crippen LogP contribution in [0, 0.1) is 0 Å². The number of rotatable bonds is 1. The summed E-state index contributed by atoms with van der Waals surface area (Å²) in [5, 5.41) is 2.98. The highest BCUT2D eigenvalue weighted by molar-refractivity contribution is 5.96. The van der Waals surface area contributed by atoms with Crippen LogP contribution >= 0.6 is 0 Å². The second-order valence-corrected chi connectivity index (χ2v) is 3.44. The number of nitrogens with one attached hydrogen (secondary N) is 1. The molecule has 2 nitrogen and oxygen atoms in total. The molecule has 68 valence electrons. The molecule has 0 saturated carbocycles. The van der Waals surface area contributed by atoms with Gasteiger partial charge in [0.25, 0.3) is 5.91 Å². The molecule has 1 aromatic rings. The highest BCUT2D eigenvalue weighted by Crippen LogP contribution is 2.17. The van der Waals surface area contributed by atoms with Crippen LogP contribution < -0.4 is 5.32 Å². The average Bonchev–Trinajstić information content (AvgIpc) is 2.18. The molecule has 2 rings (SSSR count). The van der Waals surface area contributed by atoms with Gasteiger partial charge in [-0.1, -0.05) is 25.1 Å². The van der Waals surface area contributed by atoms with Gasteiger partial charge in [0.2, 0.25) is 0 Å². The van der Waals surface area contributed by atoms with Crippen molar-refractivity contribution >= 4 is 5.91 Å². The van der Waals surface area contributed by atoms with Crippen molar-refractivity contribution in [3.8, 4) is 0 Å². The van der Waals surface area contributed by atoms with Crippen molar-refractivity contribution in [1.29, 1.82) is 0 Å². The molecular weight excluding hydrogens is 162 g/mol. The Kier molecular flexibility index (Phi) is 2.05. The van der Waals surface area contributed by atoms with Crippen molar-refractivity contribution in [1.82, 2.24) is 5.32 Å². The summed E-state index contributed by atoms with van der Waals surface area (Å²) in [6.45, 7) is 2.10. The van der Waals surface area contributed by atoms with E-state index in [0.29, 0.717) is 6.04 Å². The highest BCUT2D eigenvalue weighted by Gasteiger charge is 2.21. The molecule has 0 saturated heterocycles. The third-order valence-corrected chi connectivity index (χ3v) is 2.56. The van der Waals surface area contributed by atoms with Crippen molar-refractivity contribution in [2.24, 2.45) is 0 Å². The molecule has 1 N–H and O–H groups in total. The molecule has 1 aromatic carbocycles. The van der Waals surface area contributed by atoms with Gasteiger partial charge in [0, 0.05) is 11.6 Å². The van der Waals surface area contributed by atoms with Crippen LogP contribution in [0.15, 0.2) is 24.3 Å². The van der Waals surface area contributed by atoms with E-state index in [1.54, 1.807) is 0 Å². The second kappa shape index (κ2) is 3.21. The van der Waals surface area contributed by atoms with Crippen molar-refractivity contribution < 1.29 is 4.79 Å². The SMILES string of the molecule is CC[C@@H]1Cc2ccccc2C(=O)N1. The summed E-state index contributed by atoms with van der Waals surface area (Å²) in [5.41, 5.74) is 2.02. The maximum absolute atomic E-state index is 11.5. The first-order valence-electron chi connectivity index (χ1n) is 4.70. The van der Waals surface area contributed by atoms with Gasteiger partial charge in [-0.3, -0.25) is 4.79 Å². The van der Waals surface area contributed by atoms with Gasteiger partial charge in [-0.05, 0) is 24.5 Å². The van der Waals surface area contributed by atoms with E-state index in [1.165, 1.54) is 5.56 Å². The van der Waals surface area contributed by atoms with Crippen molar-refractivity contribution in [3.63, 3.8) is 0 Å². The smallest absolute Gasteiger partial charge is 0.251 e. The predicted molar refractivity (Wildman–Crippen MR) is 51.7 cm³/mol. The van der Waals surface area contributed by atoms with Gasteiger partial charge in [0.1, 0.15) is 0 Å². The Morgan fingerprint density at radius 1 is 1.46 bits per heavy atom. The molecule has 1 aliphatic rings. The summed E-state index contributed by atoms with van der Waals surface area (Å²) in [4.78, 5) is 11.5. The van der Waals surface area contributed by atoms with Gasteiger partial charge < -0.3 is 5.32 Å². The van der Waals surface area contributed by atoms with E-state index >= 15 is 0 Å². The fraction of sp³-hybridized carbons (Fsp3) is 0.364. The number of hydrogen-bond donors (Lipinski definition) is 1. The molecule has 2 heteroatoms. The Labute approximate surface area is 78.0 Å². The van der Waals surface area contributed by atoms with Gasteiger partial charge in [0.15, 0.2) is 0 Å². The van der Waals surface area contributed by atoms with Crippen LogP contribution in [0.4, 0.5) is 0 Å². The van der Waals surface area contributed by atoms with Crippen molar-refractivity contribution in [3.05, 3.63) is 35.4 Å². The Balaban J connectivity index is 2.37. The number of amides is 1. The molecule has 1 atom stereocenters. The average molecular weight is 175 g/mol. The van der Waals surface area contributed by atoms with Gasteiger partial charge in [-0.15, -0.1) is 0 Å². The molecule has 13 heavy (non-hydrogen) atoms. The van der Waals surface area contributed by atoms with E-state index in [9.17, 15) is 4.79 Å². The fourth-order valence-corrected chi connectivity index (χ4v) is 1.75. The first-order chi connectivity index (χ1) is 6.31.